The van der Waals surface area contributed by atoms with Gasteiger partial charge in [-0.2, -0.15) is 13.2 Å². The van der Waals surface area contributed by atoms with Gasteiger partial charge in [0, 0.05) is 6.54 Å². The number of allylic oxidation sites excluding steroid dienone is 3. The molecule has 9 heteroatoms. The highest BCUT2D eigenvalue weighted by molar-refractivity contribution is 5.80. The number of rotatable bonds is 4. The Balaban J connectivity index is 2.31. The van der Waals surface area contributed by atoms with Crippen LogP contribution in [0.2, 0.25) is 0 Å². The summed E-state index contributed by atoms with van der Waals surface area (Å²) in [5.74, 6) is -2.23. The fourth-order valence-corrected chi connectivity index (χ4v) is 2.85. The van der Waals surface area contributed by atoms with E-state index in [2.05, 4.69) is 23.4 Å². The lowest BCUT2D eigenvalue weighted by molar-refractivity contribution is -0.149. The van der Waals surface area contributed by atoms with Crippen molar-refractivity contribution >= 4 is 5.91 Å². The number of amides is 1. The predicted molar refractivity (Wildman–Crippen MR) is 83.0 cm³/mol. The first-order valence-corrected chi connectivity index (χ1v) is 7.55. The molecule has 0 fully saturated rings. The largest absolute Gasteiger partial charge is 0.451 e. The monoisotopic (exact) mass is 358 g/mol. The Morgan fingerprint density at radius 1 is 1.36 bits per heavy atom. The maximum atomic E-state index is 13.4. The van der Waals surface area contributed by atoms with E-state index in [1.807, 2.05) is 0 Å². The molecule has 1 amide bonds. The third-order valence-electron chi connectivity index (χ3n) is 4.05. The van der Waals surface area contributed by atoms with E-state index in [1.54, 1.807) is 13.8 Å². The van der Waals surface area contributed by atoms with E-state index < -0.39 is 35.8 Å². The van der Waals surface area contributed by atoms with Gasteiger partial charge in [-0.15, -0.1) is 10.2 Å². The highest BCUT2D eigenvalue weighted by Crippen LogP contribution is 2.36. The lowest BCUT2D eigenvalue weighted by atomic mass is 10.1. The second-order valence-corrected chi connectivity index (χ2v) is 5.83. The van der Waals surface area contributed by atoms with Crippen molar-refractivity contribution in [2.75, 3.05) is 6.54 Å². The van der Waals surface area contributed by atoms with Gasteiger partial charge >= 0.3 is 6.18 Å². The molecule has 0 aromatic carbocycles. The number of alkyl halides is 3. The molecule has 1 aliphatic heterocycles. The third-order valence-corrected chi connectivity index (χ3v) is 4.05. The zero-order valence-electron chi connectivity index (χ0n) is 13.8. The Labute approximate surface area is 142 Å². The Bertz CT molecular complexity index is 735. The Kier molecular flexibility index (Phi) is 5.15. The molecule has 0 N–H and O–H groups in total. The fourth-order valence-electron chi connectivity index (χ4n) is 2.85. The van der Waals surface area contributed by atoms with E-state index >= 15 is 0 Å². The van der Waals surface area contributed by atoms with Crippen LogP contribution in [0.25, 0.3) is 0 Å². The van der Waals surface area contributed by atoms with Gasteiger partial charge in [-0.1, -0.05) is 25.3 Å². The summed E-state index contributed by atoms with van der Waals surface area (Å²) in [6.45, 7) is 9.76. The van der Waals surface area contributed by atoms with Crippen LogP contribution in [0.4, 0.5) is 17.6 Å². The topological polar surface area (TPSA) is 51.0 Å². The average molecular weight is 358 g/mol. The van der Waals surface area contributed by atoms with E-state index in [9.17, 15) is 22.4 Å². The summed E-state index contributed by atoms with van der Waals surface area (Å²) in [5.41, 5.74) is 0.0721. The number of aromatic nitrogens is 3. The molecule has 25 heavy (non-hydrogen) atoms. The van der Waals surface area contributed by atoms with Gasteiger partial charge < -0.3 is 9.47 Å². The Morgan fingerprint density at radius 3 is 2.52 bits per heavy atom. The maximum Gasteiger partial charge on any atom is 0.451 e. The predicted octanol–water partition coefficient (Wildman–Crippen LogP) is 3.75. The number of carbonyl (C=O) groups is 1. The number of fused-ring (bicyclic) bond motifs is 1. The summed E-state index contributed by atoms with van der Waals surface area (Å²) in [7, 11) is 0. The van der Waals surface area contributed by atoms with Gasteiger partial charge in [0.05, 0.1) is 18.5 Å². The summed E-state index contributed by atoms with van der Waals surface area (Å²) in [6, 6.07) is -1.38. The van der Waals surface area contributed by atoms with Crippen molar-refractivity contribution in [2.45, 2.75) is 38.5 Å². The number of nitrogens with zero attached hydrogens (tertiary/aromatic N) is 4. The number of halogens is 4. The van der Waals surface area contributed by atoms with Gasteiger partial charge in [0.25, 0.3) is 0 Å². The van der Waals surface area contributed by atoms with Crippen molar-refractivity contribution in [3.8, 4) is 0 Å². The molecule has 0 saturated carbocycles. The lowest BCUT2D eigenvalue weighted by Crippen LogP contribution is -2.43. The van der Waals surface area contributed by atoms with Gasteiger partial charge in [0.1, 0.15) is 5.83 Å². The van der Waals surface area contributed by atoms with Crippen LogP contribution < -0.4 is 0 Å². The Hall–Kier alpha value is -2.45. The molecule has 2 rings (SSSR count). The molecule has 5 nitrogen and oxygen atoms in total. The number of hydrogen-bond acceptors (Lipinski definition) is 3. The van der Waals surface area contributed by atoms with E-state index in [4.69, 9.17) is 0 Å². The van der Waals surface area contributed by atoms with Crippen LogP contribution >= 0.6 is 0 Å². The van der Waals surface area contributed by atoms with Crippen molar-refractivity contribution in [1.29, 1.82) is 0 Å². The lowest BCUT2D eigenvalue weighted by Gasteiger charge is -2.37. The molecule has 0 radical (unpaired) electrons. The van der Waals surface area contributed by atoms with Crippen LogP contribution in [0, 0.1) is 0 Å². The van der Waals surface area contributed by atoms with E-state index in [1.165, 1.54) is 17.1 Å². The minimum absolute atomic E-state index is 0.0360. The SMILES string of the molecule is C=CC=C(CC(=O)N1CC(C)n2c(nnc2C(F)(F)F)C1C)C(=C)F. The minimum Gasteiger partial charge on any atom is -0.330 e. The first-order valence-electron chi connectivity index (χ1n) is 7.55. The molecule has 1 aromatic heterocycles. The van der Waals surface area contributed by atoms with Gasteiger partial charge in [0.15, 0.2) is 5.82 Å². The molecule has 0 spiro atoms. The molecular weight excluding hydrogens is 340 g/mol. The molecule has 1 aromatic rings. The fraction of sp³-hybridized carbons (Fsp3) is 0.438. The second-order valence-electron chi connectivity index (χ2n) is 5.83. The molecular formula is C16H18F4N4O. The quantitative estimate of drug-likeness (QED) is 0.608. The highest BCUT2D eigenvalue weighted by Gasteiger charge is 2.43. The van der Waals surface area contributed by atoms with Crippen molar-refractivity contribution in [2.24, 2.45) is 0 Å². The number of carbonyl (C=O) groups excluding carboxylic acids is 1. The van der Waals surface area contributed by atoms with Gasteiger partial charge in [-0.3, -0.25) is 4.79 Å². The number of hydrogen-bond donors (Lipinski definition) is 0. The van der Waals surface area contributed by atoms with Crippen molar-refractivity contribution in [3.05, 3.63) is 48.4 Å². The molecule has 0 aliphatic carbocycles. The van der Waals surface area contributed by atoms with Crippen molar-refractivity contribution in [3.63, 3.8) is 0 Å². The smallest absolute Gasteiger partial charge is 0.330 e. The van der Waals surface area contributed by atoms with Crippen LogP contribution in [0.1, 0.15) is 44.0 Å². The summed E-state index contributed by atoms with van der Waals surface area (Å²) >= 11 is 0. The van der Waals surface area contributed by atoms with Crippen molar-refractivity contribution < 1.29 is 22.4 Å². The standard InChI is InChI=1S/C16H18F4N4O/c1-5-6-12(10(3)17)7-13(25)23-8-9(2)24-14(11(23)4)21-22-15(24)16(18,19)20/h5-6,9,11H,1,3,7-8H2,2,4H3. The van der Waals surface area contributed by atoms with Crippen LogP contribution in [0.5, 0.6) is 0 Å². The van der Waals surface area contributed by atoms with Crippen LogP contribution in [0.15, 0.2) is 36.7 Å². The van der Waals surface area contributed by atoms with Crippen molar-refractivity contribution in [1.82, 2.24) is 19.7 Å². The van der Waals surface area contributed by atoms with Crippen LogP contribution in [-0.2, 0) is 11.0 Å². The third kappa shape index (κ3) is 3.64. The molecule has 136 valence electrons. The molecule has 0 saturated heterocycles. The summed E-state index contributed by atoms with van der Waals surface area (Å²) in [6.07, 6.45) is -2.22. The van der Waals surface area contributed by atoms with E-state index in [0.29, 0.717) is 0 Å². The molecule has 1 aliphatic rings. The first kappa shape index (κ1) is 18.9. The molecule has 2 heterocycles. The minimum atomic E-state index is -4.63. The summed E-state index contributed by atoms with van der Waals surface area (Å²) < 4.78 is 53.5. The van der Waals surface area contributed by atoms with E-state index in [0.717, 1.165) is 4.57 Å². The first-order chi connectivity index (χ1) is 11.6. The highest BCUT2D eigenvalue weighted by atomic mass is 19.4. The van der Waals surface area contributed by atoms with Gasteiger partial charge in [-0.05, 0) is 19.4 Å². The Morgan fingerprint density at radius 2 is 2.00 bits per heavy atom. The zero-order chi connectivity index (χ0) is 18.9. The van der Waals surface area contributed by atoms with Gasteiger partial charge in [-0.25, -0.2) is 4.39 Å². The average Bonchev–Trinajstić information content (AvgIpc) is 2.96. The molecule has 0 bridgehead atoms. The second kappa shape index (κ2) is 6.81. The summed E-state index contributed by atoms with van der Waals surface area (Å²) in [4.78, 5) is 13.9. The van der Waals surface area contributed by atoms with Crippen LogP contribution in [-0.4, -0.2) is 32.1 Å². The van der Waals surface area contributed by atoms with Crippen LogP contribution in [0.3, 0.4) is 0 Å². The maximum absolute atomic E-state index is 13.4. The molecule has 2 unspecified atom stereocenters. The zero-order valence-corrected chi connectivity index (χ0v) is 13.8. The summed E-state index contributed by atoms with van der Waals surface area (Å²) in [5, 5.41) is 6.85. The van der Waals surface area contributed by atoms with E-state index in [-0.39, 0.29) is 24.4 Å². The molecule has 2 atom stereocenters. The normalized spacial score (nSPS) is 21.0. The van der Waals surface area contributed by atoms with Gasteiger partial charge in [0.2, 0.25) is 11.7 Å².